The highest BCUT2D eigenvalue weighted by Gasteiger charge is 2.16. The summed E-state index contributed by atoms with van der Waals surface area (Å²) in [4.78, 5) is 12.2. The molecule has 0 aliphatic carbocycles. The van der Waals surface area contributed by atoms with Crippen LogP contribution in [0.25, 0.3) is 0 Å². The average molecular weight is 454 g/mol. The molecule has 0 bridgehead atoms. The molecule has 0 radical (unpaired) electrons. The van der Waals surface area contributed by atoms with Crippen molar-refractivity contribution in [2.24, 2.45) is 0 Å². The molecule has 0 atom stereocenters. The largest absolute Gasteiger partial charge is 0.493 e. The Bertz CT molecular complexity index is 748. The van der Waals surface area contributed by atoms with Gasteiger partial charge in [-0.25, -0.2) is 8.78 Å². The molecule has 2 aromatic carbocycles. The van der Waals surface area contributed by atoms with Gasteiger partial charge >= 0.3 is 0 Å². The van der Waals surface area contributed by atoms with E-state index in [1.807, 2.05) is 0 Å². The molecule has 0 saturated carbocycles. The second-order valence-corrected chi connectivity index (χ2v) is 5.89. The lowest BCUT2D eigenvalue weighted by molar-refractivity contribution is 0.102. The molecular formula is C15H11ClF2INO3. The van der Waals surface area contributed by atoms with Crippen molar-refractivity contribution >= 4 is 45.8 Å². The van der Waals surface area contributed by atoms with Crippen molar-refractivity contribution in [3.8, 4) is 11.5 Å². The summed E-state index contributed by atoms with van der Waals surface area (Å²) in [5.41, 5.74) is 0.156. The van der Waals surface area contributed by atoms with Crippen LogP contribution in [0, 0.1) is 15.2 Å². The smallest absolute Gasteiger partial charge is 0.255 e. The fourth-order valence-electron chi connectivity index (χ4n) is 1.88. The molecule has 8 heteroatoms. The van der Waals surface area contributed by atoms with E-state index in [9.17, 15) is 13.6 Å². The zero-order valence-corrected chi connectivity index (χ0v) is 15.0. The van der Waals surface area contributed by atoms with Gasteiger partial charge in [-0.2, -0.15) is 0 Å². The van der Waals surface area contributed by atoms with E-state index in [2.05, 4.69) is 5.32 Å². The van der Waals surface area contributed by atoms with Crippen molar-refractivity contribution in [3.63, 3.8) is 0 Å². The summed E-state index contributed by atoms with van der Waals surface area (Å²) in [5, 5.41) is 2.58. The number of amides is 1. The third-order valence-electron chi connectivity index (χ3n) is 2.94. The van der Waals surface area contributed by atoms with Gasteiger partial charge in [0, 0.05) is 11.3 Å². The van der Waals surface area contributed by atoms with Gasteiger partial charge in [-0.15, -0.1) is 0 Å². The molecule has 0 aromatic heterocycles. The number of rotatable bonds is 4. The Morgan fingerprint density at radius 1 is 1.13 bits per heavy atom. The lowest BCUT2D eigenvalue weighted by atomic mass is 10.1. The van der Waals surface area contributed by atoms with Crippen LogP contribution in [0.3, 0.4) is 0 Å². The predicted molar refractivity (Wildman–Crippen MR) is 91.6 cm³/mol. The normalized spacial score (nSPS) is 10.3. The number of anilines is 1. The van der Waals surface area contributed by atoms with E-state index in [0.717, 1.165) is 12.1 Å². The van der Waals surface area contributed by atoms with Gasteiger partial charge in [-0.05, 0) is 46.9 Å². The lowest BCUT2D eigenvalue weighted by Crippen LogP contribution is -2.13. The molecule has 0 fully saturated rings. The Morgan fingerprint density at radius 2 is 1.74 bits per heavy atom. The zero-order chi connectivity index (χ0) is 17.1. The Hall–Kier alpha value is -1.61. The molecule has 4 nitrogen and oxygen atoms in total. The van der Waals surface area contributed by atoms with E-state index >= 15 is 0 Å². The van der Waals surface area contributed by atoms with Crippen molar-refractivity contribution in [3.05, 3.63) is 50.1 Å². The number of benzene rings is 2. The summed E-state index contributed by atoms with van der Waals surface area (Å²) < 4.78 is 37.1. The molecule has 0 aliphatic heterocycles. The quantitative estimate of drug-likeness (QED) is 0.548. The van der Waals surface area contributed by atoms with Crippen molar-refractivity contribution in [1.82, 2.24) is 0 Å². The average Bonchev–Trinajstić information content (AvgIpc) is 2.51. The topological polar surface area (TPSA) is 47.6 Å². The second-order valence-electron chi connectivity index (χ2n) is 4.40. The summed E-state index contributed by atoms with van der Waals surface area (Å²) in [6, 6.07) is 4.85. The van der Waals surface area contributed by atoms with Crippen LogP contribution < -0.4 is 14.8 Å². The minimum atomic E-state index is -0.758. The SMILES string of the molecule is COc1cc(C(=O)Nc2cc(F)c(I)c(F)c2)cc(Cl)c1OC. The van der Waals surface area contributed by atoms with Gasteiger partial charge in [0.15, 0.2) is 11.5 Å². The Morgan fingerprint density at radius 3 is 2.26 bits per heavy atom. The Kier molecular flexibility index (Phi) is 5.64. The van der Waals surface area contributed by atoms with Crippen LogP contribution in [0.1, 0.15) is 10.4 Å². The number of methoxy groups -OCH3 is 2. The minimum absolute atomic E-state index is 0.00340. The first kappa shape index (κ1) is 17.7. The molecule has 1 amide bonds. The highest BCUT2D eigenvalue weighted by molar-refractivity contribution is 14.1. The highest BCUT2D eigenvalue weighted by Crippen LogP contribution is 2.36. The van der Waals surface area contributed by atoms with Gasteiger partial charge < -0.3 is 14.8 Å². The van der Waals surface area contributed by atoms with Crippen LogP contribution >= 0.6 is 34.2 Å². The molecule has 122 valence electrons. The van der Waals surface area contributed by atoms with Crippen LogP contribution in [-0.4, -0.2) is 20.1 Å². The predicted octanol–water partition coefficient (Wildman–Crippen LogP) is 4.49. The van der Waals surface area contributed by atoms with E-state index in [-0.39, 0.29) is 31.3 Å². The fourth-order valence-corrected chi connectivity index (χ4v) is 2.48. The van der Waals surface area contributed by atoms with Crippen molar-refractivity contribution in [2.45, 2.75) is 0 Å². The third kappa shape index (κ3) is 3.84. The molecule has 0 unspecified atom stereocenters. The first-order valence-electron chi connectivity index (χ1n) is 6.24. The fraction of sp³-hybridized carbons (Fsp3) is 0.133. The van der Waals surface area contributed by atoms with E-state index in [1.165, 1.54) is 26.4 Å². The molecule has 1 N–H and O–H groups in total. The standard InChI is InChI=1S/C15H11ClF2INO3/c1-22-12-4-7(3-9(16)14(12)23-2)15(21)20-8-5-10(17)13(19)11(18)6-8/h3-6H,1-2H3,(H,20,21). The summed E-state index contributed by atoms with van der Waals surface area (Å²) in [6.45, 7) is 0. The number of halogens is 4. The van der Waals surface area contributed by atoms with Gasteiger partial charge in [-0.3, -0.25) is 4.79 Å². The number of carbonyl (C=O) groups excluding carboxylic acids is 1. The van der Waals surface area contributed by atoms with Gasteiger partial charge in [0.1, 0.15) is 11.6 Å². The molecule has 23 heavy (non-hydrogen) atoms. The highest BCUT2D eigenvalue weighted by atomic mass is 127. The summed E-state index contributed by atoms with van der Waals surface area (Å²) in [6.07, 6.45) is 0. The van der Waals surface area contributed by atoms with Crippen LogP contribution in [0.4, 0.5) is 14.5 Å². The van der Waals surface area contributed by atoms with Crippen molar-refractivity contribution in [2.75, 3.05) is 19.5 Å². The van der Waals surface area contributed by atoms with E-state index in [1.54, 1.807) is 22.6 Å². The molecule has 0 saturated heterocycles. The second kappa shape index (κ2) is 7.31. The molecule has 0 heterocycles. The maximum absolute atomic E-state index is 13.5. The third-order valence-corrected chi connectivity index (χ3v) is 4.25. The number of ether oxygens (including phenoxy) is 2. The molecule has 2 aromatic rings. The van der Waals surface area contributed by atoms with Gasteiger partial charge in [0.25, 0.3) is 5.91 Å². The van der Waals surface area contributed by atoms with Crippen LogP contribution in [-0.2, 0) is 0 Å². The summed E-state index contributed by atoms with van der Waals surface area (Å²) in [5.74, 6) is -1.55. The molecule has 0 spiro atoms. The minimum Gasteiger partial charge on any atom is -0.493 e. The lowest BCUT2D eigenvalue weighted by Gasteiger charge is -2.12. The first-order valence-corrected chi connectivity index (χ1v) is 7.70. The Balaban J connectivity index is 2.33. The van der Waals surface area contributed by atoms with Crippen molar-refractivity contribution in [1.29, 1.82) is 0 Å². The van der Waals surface area contributed by atoms with E-state index in [4.69, 9.17) is 21.1 Å². The van der Waals surface area contributed by atoms with Crippen LogP contribution in [0.2, 0.25) is 5.02 Å². The molecular weight excluding hydrogens is 443 g/mol. The molecule has 0 aliphatic rings. The van der Waals surface area contributed by atoms with Crippen LogP contribution in [0.5, 0.6) is 11.5 Å². The monoisotopic (exact) mass is 453 g/mol. The van der Waals surface area contributed by atoms with Crippen molar-refractivity contribution < 1.29 is 23.0 Å². The molecule has 2 rings (SSSR count). The summed E-state index contributed by atoms with van der Waals surface area (Å²) >= 11 is 7.57. The number of carbonyl (C=O) groups is 1. The van der Waals surface area contributed by atoms with Gasteiger partial charge in [0.05, 0.1) is 22.8 Å². The van der Waals surface area contributed by atoms with Crippen LogP contribution in [0.15, 0.2) is 24.3 Å². The van der Waals surface area contributed by atoms with Gasteiger partial charge in [-0.1, -0.05) is 11.6 Å². The first-order chi connectivity index (χ1) is 10.9. The van der Waals surface area contributed by atoms with E-state index < -0.39 is 17.5 Å². The number of hydrogen-bond acceptors (Lipinski definition) is 3. The number of nitrogens with one attached hydrogen (secondary N) is 1. The maximum atomic E-state index is 13.5. The zero-order valence-electron chi connectivity index (χ0n) is 12.0. The Labute approximate surface area is 149 Å². The number of hydrogen-bond donors (Lipinski definition) is 1. The van der Waals surface area contributed by atoms with E-state index in [0.29, 0.717) is 0 Å². The summed E-state index contributed by atoms with van der Waals surface area (Å²) in [7, 11) is 2.82. The van der Waals surface area contributed by atoms with Gasteiger partial charge in [0.2, 0.25) is 0 Å². The maximum Gasteiger partial charge on any atom is 0.255 e.